The maximum absolute atomic E-state index is 13.1. The van der Waals surface area contributed by atoms with E-state index in [1.807, 2.05) is 12.3 Å². The summed E-state index contributed by atoms with van der Waals surface area (Å²) in [6, 6.07) is 4.58. The Bertz CT molecular complexity index is 580. The number of hydrogen-bond donors (Lipinski definition) is 1. The van der Waals surface area contributed by atoms with Gasteiger partial charge in [-0.1, -0.05) is 18.9 Å². The number of fused-ring (bicyclic) bond motifs is 1. The Balaban J connectivity index is 1.45. The lowest BCUT2D eigenvalue weighted by atomic mass is 9.90. The Morgan fingerprint density at radius 1 is 1.32 bits per heavy atom. The van der Waals surface area contributed by atoms with Gasteiger partial charge in [-0.15, -0.1) is 0 Å². The highest BCUT2D eigenvalue weighted by Gasteiger charge is 2.37. The zero-order chi connectivity index (χ0) is 17.1. The van der Waals surface area contributed by atoms with Crippen molar-refractivity contribution in [2.24, 2.45) is 0 Å². The van der Waals surface area contributed by atoms with Crippen molar-refractivity contribution in [3.8, 4) is 0 Å². The van der Waals surface area contributed by atoms with Crippen molar-refractivity contribution in [2.45, 2.75) is 43.9 Å². The van der Waals surface area contributed by atoms with Gasteiger partial charge in [0.05, 0.1) is 25.3 Å². The summed E-state index contributed by atoms with van der Waals surface area (Å²) in [5, 5.41) is 3.45. The third-order valence-electron chi connectivity index (χ3n) is 5.81. The Morgan fingerprint density at radius 3 is 3.12 bits per heavy atom. The third-order valence-corrected chi connectivity index (χ3v) is 5.81. The van der Waals surface area contributed by atoms with Gasteiger partial charge in [-0.25, -0.2) is 0 Å². The van der Waals surface area contributed by atoms with Crippen LogP contribution in [-0.2, 0) is 9.53 Å². The van der Waals surface area contributed by atoms with Gasteiger partial charge in [0.2, 0.25) is 5.91 Å². The highest BCUT2D eigenvalue weighted by atomic mass is 16.5. The summed E-state index contributed by atoms with van der Waals surface area (Å²) in [6.07, 6.45) is 8.59. The minimum atomic E-state index is 0.217. The first-order valence-electron chi connectivity index (χ1n) is 9.59. The molecular formula is C19H28N4O2. The average Bonchev–Trinajstić information content (AvgIpc) is 2.68. The fraction of sp³-hybridized carbons (Fsp3) is 0.684. The van der Waals surface area contributed by atoms with Gasteiger partial charge in [-0.2, -0.15) is 0 Å². The topological polar surface area (TPSA) is 57.7 Å². The molecule has 0 bridgehead atoms. The number of amides is 1. The Kier molecular flexibility index (Phi) is 5.29. The van der Waals surface area contributed by atoms with E-state index in [-0.39, 0.29) is 24.1 Å². The van der Waals surface area contributed by atoms with Crippen molar-refractivity contribution in [3.05, 3.63) is 30.1 Å². The van der Waals surface area contributed by atoms with Gasteiger partial charge < -0.3 is 15.0 Å². The molecule has 0 radical (unpaired) electrons. The molecule has 2 aliphatic heterocycles. The predicted octanol–water partition coefficient (Wildman–Crippen LogP) is 1.20. The second kappa shape index (κ2) is 7.81. The van der Waals surface area contributed by atoms with E-state index in [0.29, 0.717) is 13.2 Å². The molecule has 0 aromatic carbocycles. The fourth-order valence-corrected chi connectivity index (χ4v) is 4.51. The van der Waals surface area contributed by atoms with Gasteiger partial charge in [0, 0.05) is 44.6 Å². The van der Waals surface area contributed by atoms with Gasteiger partial charge in [0.15, 0.2) is 0 Å². The van der Waals surface area contributed by atoms with E-state index >= 15 is 0 Å². The molecule has 1 aromatic rings. The molecule has 6 heteroatoms. The summed E-state index contributed by atoms with van der Waals surface area (Å²) in [6.45, 7) is 4.60. The van der Waals surface area contributed by atoms with E-state index in [2.05, 4.69) is 26.2 Å². The van der Waals surface area contributed by atoms with Crippen molar-refractivity contribution in [2.75, 3.05) is 39.3 Å². The first-order valence-corrected chi connectivity index (χ1v) is 9.59. The van der Waals surface area contributed by atoms with E-state index < -0.39 is 0 Å². The second-order valence-electron chi connectivity index (χ2n) is 7.32. The smallest absolute Gasteiger partial charge is 0.237 e. The van der Waals surface area contributed by atoms with Gasteiger partial charge in [-0.05, 0) is 24.5 Å². The summed E-state index contributed by atoms with van der Waals surface area (Å²) in [7, 11) is 0. The van der Waals surface area contributed by atoms with Crippen molar-refractivity contribution >= 4 is 5.91 Å². The molecule has 1 amide bonds. The quantitative estimate of drug-likeness (QED) is 0.893. The third kappa shape index (κ3) is 3.71. The van der Waals surface area contributed by atoms with Crippen LogP contribution in [0.3, 0.4) is 0 Å². The molecule has 2 saturated heterocycles. The second-order valence-corrected chi connectivity index (χ2v) is 7.32. The molecule has 0 spiro atoms. The van der Waals surface area contributed by atoms with E-state index in [9.17, 15) is 4.79 Å². The van der Waals surface area contributed by atoms with Crippen LogP contribution in [0.5, 0.6) is 0 Å². The number of piperazine rings is 1. The molecule has 1 aliphatic carbocycles. The molecule has 3 aliphatic rings. The molecular weight excluding hydrogens is 316 g/mol. The summed E-state index contributed by atoms with van der Waals surface area (Å²) in [5.41, 5.74) is 1.18. The van der Waals surface area contributed by atoms with Crippen LogP contribution in [0.1, 0.15) is 37.3 Å². The molecule has 3 heterocycles. The SMILES string of the molecule is O=C(CN1CCNCC1c1cccnc1)N1CCOC2CCCCC21. The molecule has 1 saturated carbocycles. The van der Waals surface area contributed by atoms with Crippen LogP contribution in [0, 0.1) is 0 Å². The highest BCUT2D eigenvalue weighted by molar-refractivity contribution is 5.79. The molecule has 3 atom stereocenters. The highest BCUT2D eigenvalue weighted by Crippen LogP contribution is 2.29. The molecule has 6 nitrogen and oxygen atoms in total. The maximum Gasteiger partial charge on any atom is 0.237 e. The Morgan fingerprint density at radius 2 is 2.24 bits per heavy atom. The lowest BCUT2D eigenvalue weighted by Crippen LogP contribution is -2.58. The lowest BCUT2D eigenvalue weighted by molar-refractivity contribution is -0.151. The van der Waals surface area contributed by atoms with Crippen LogP contribution in [0.2, 0.25) is 0 Å². The minimum absolute atomic E-state index is 0.217. The molecule has 3 unspecified atom stereocenters. The summed E-state index contributed by atoms with van der Waals surface area (Å²) in [5.74, 6) is 0.260. The van der Waals surface area contributed by atoms with Crippen LogP contribution < -0.4 is 5.32 Å². The Labute approximate surface area is 149 Å². The number of nitrogens with zero attached hydrogens (tertiary/aromatic N) is 3. The van der Waals surface area contributed by atoms with Gasteiger partial charge in [0.1, 0.15) is 0 Å². The van der Waals surface area contributed by atoms with Crippen molar-refractivity contribution in [3.63, 3.8) is 0 Å². The molecule has 1 aromatic heterocycles. The van der Waals surface area contributed by atoms with Gasteiger partial charge in [0.25, 0.3) is 0 Å². The number of aromatic nitrogens is 1. The number of rotatable bonds is 3. The van der Waals surface area contributed by atoms with Crippen LogP contribution >= 0.6 is 0 Å². The fourth-order valence-electron chi connectivity index (χ4n) is 4.51. The minimum Gasteiger partial charge on any atom is -0.374 e. The largest absolute Gasteiger partial charge is 0.374 e. The van der Waals surface area contributed by atoms with Crippen LogP contribution in [0.4, 0.5) is 0 Å². The van der Waals surface area contributed by atoms with Crippen LogP contribution in [0.15, 0.2) is 24.5 Å². The number of morpholine rings is 1. The number of ether oxygens (including phenoxy) is 1. The number of carbonyl (C=O) groups excluding carboxylic acids is 1. The number of carbonyl (C=O) groups is 1. The predicted molar refractivity (Wildman–Crippen MR) is 95.1 cm³/mol. The average molecular weight is 344 g/mol. The summed E-state index contributed by atoms with van der Waals surface area (Å²) >= 11 is 0. The molecule has 4 rings (SSSR count). The van der Waals surface area contributed by atoms with Gasteiger partial charge >= 0.3 is 0 Å². The first-order chi connectivity index (χ1) is 12.3. The maximum atomic E-state index is 13.1. The van der Waals surface area contributed by atoms with Crippen LogP contribution in [0.25, 0.3) is 0 Å². The van der Waals surface area contributed by atoms with Crippen molar-refractivity contribution in [1.82, 2.24) is 20.1 Å². The molecule has 136 valence electrons. The number of pyridine rings is 1. The summed E-state index contributed by atoms with van der Waals surface area (Å²) in [4.78, 5) is 21.8. The van der Waals surface area contributed by atoms with Crippen molar-refractivity contribution < 1.29 is 9.53 Å². The van der Waals surface area contributed by atoms with E-state index in [1.165, 1.54) is 18.4 Å². The van der Waals surface area contributed by atoms with E-state index in [1.54, 1.807) is 6.20 Å². The molecule has 1 N–H and O–H groups in total. The van der Waals surface area contributed by atoms with E-state index in [0.717, 1.165) is 39.0 Å². The van der Waals surface area contributed by atoms with Crippen LogP contribution in [-0.4, -0.2) is 72.2 Å². The zero-order valence-corrected chi connectivity index (χ0v) is 14.8. The van der Waals surface area contributed by atoms with Crippen molar-refractivity contribution in [1.29, 1.82) is 0 Å². The summed E-state index contributed by atoms with van der Waals surface area (Å²) < 4.78 is 5.92. The standard InChI is InChI=1S/C19H28N4O2/c24-19(23-10-11-25-18-6-2-1-5-16(18)23)14-22-9-8-21-13-17(22)15-4-3-7-20-12-15/h3-4,7,12,16-18,21H,1-2,5-6,8-11,13-14H2. The first kappa shape index (κ1) is 16.9. The Hall–Kier alpha value is -1.50. The van der Waals surface area contributed by atoms with E-state index in [4.69, 9.17) is 4.74 Å². The van der Waals surface area contributed by atoms with Gasteiger partial charge in [-0.3, -0.25) is 14.7 Å². The number of hydrogen-bond acceptors (Lipinski definition) is 5. The number of nitrogens with one attached hydrogen (secondary N) is 1. The zero-order valence-electron chi connectivity index (χ0n) is 14.8. The molecule has 3 fully saturated rings. The normalized spacial score (nSPS) is 30.7. The monoisotopic (exact) mass is 344 g/mol. The molecule has 25 heavy (non-hydrogen) atoms. The lowest BCUT2D eigenvalue weighted by Gasteiger charge is -2.45.